The molecule has 0 radical (unpaired) electrons. The quantitative estimate of drug-likeness (QED) is 0.384. The maximum Gasteiger partial charge on any atom is 0.333 e. The van der Waals surface area contributed by atoms with Crippen LogP contribution in [0.1, 0.15) is 24.4 Å². The van der Waals surface area contributed by atoms with E-state index in [1.807, 2.05) is 35.0 Å². The van der Waals surface area contributed by atoms with E-state index in [0.717, 1.165) is 28.1 Å². The van der Waals surface area contributed by atoms with E-state index in [4.69, 9.17) is 14.0 Å². The summed E-state index contributed by atoms with van der Waals surface area (Å²) in [5, 5.41) is 14.6. The number of nitrogens with one attached hydrogen (secondary N) is 2. The fraction of sp³-hybridized carbons (Fsp3) is 0.400. The highest BCUT2D eigenvalue weighted by Crippen LogP contribution is 2.37. The molecule has 3 aromatic rings. The lowest BCUT2D eigenvalue weighted by molar-refractivity contribution is 0.133. The average molecular weight is 462 g/mol. The molecule has 1 aromatic carbocycles. The zero-order valence-corrected chi connectivity index (χ0v) is 17.8. The van der Waals surface area contributed by atoms with E-state index in [9.17, 15) is 13.5 Å². The predicted octanol–water partition coefficient (Wildman–Crippen LogP) is 1.48. The van der Waals surface area contributed by atoms with Gasteiger partial charge in [-0.25, -0.2) is 9.97 Å². The molecule has 12 heteroatoms. The van der Waals surface area contributed by atoms with Gasteiger partial charge in [-0.15, -0.1) is 0 Å². The summed E-state index contributed by atoms with van der Waals surface area (Å²) < 4.78 is 45.6. The van der Waals surface area contributed by atoms with Gasteiger partial charge in [-0.1, -0.05) is 6.07 Å². The molecule has 3 heterocycles. The second-order valence-corrected chi connectivity index (χ2v) is 9.24. The highest BCUT2D eigenvalue weighted by molar-refractivity contribution is 7.83. The van der Waals surface area contributed by atoms with E-state index in [-0.39, 0.29) is 25.3 Å². The van der Waals surface area contributed by atoms with Crippen LogP contribution in [0.2, 0.25) is 0 Å². The van der Waals surface area contributed by atoms with Crippen LogP contribution < -0.4 is 19.5 Å². The van der Waals surface area contributed by atoms with Crippen molar-refractivity contribution in [2.75, 3.05) is 18.7 Å². The number of fused-ring (bicyclic) bond motifs is 2. The summed E-state index contributed by atoms with van der Waals surface area (Å²) in [4.78, 5) is 8.80. The summed E-state index contributed by atoms with van der Waals surface area (Å²) in [7, 11) is -4.29. The van der Waals surface area contributed by atoms with Crippen molar-refractivity contribution in [2.45, 2.75) is 31.5 Å². The first-order valence-electron chi connectivity index (χ1n) is 10.2. The number of hydrogen-bond donors (Lipinski definition) is 4. The van der Waals surface area contributed by atoms with Gasteiger partial charge in [0.1, 0.15) is 17.8 Å². The number of ether oxygens (including phenoxy) is 2. The summed E-state index contributed by atoms with van der Waals surface area (Å²) in [6.45, 7) is 0.751. The molecule has 2 aromatic heterocycles. The van der Waals surface area contributed by atoms with E-state index in [1.54, 1.807) is 0 Å². The summed E-state index contributed by atoms with van der Waals surface area (Å²) in [5.41, 5.74) is 1.75. The molecule has 11 nitrogen and oxygen atoms in total. The molecule has 2 aliphatic rings. The highest BCUT2D eigenvalue weighted by atomic mass is 32.2. The van der Waals surface area contributed by atoms with Crippen LogP contribution in [-0.2, 0) is 16.8 Å². The molecule has 3 atom stereocenters. The summed E-state index contributed by atoms with van der Waals surface area (Å²) >= 11 is 0. The third-order valence-corrected chi connectivity index (χ3v) is 6.49. The van der Waals surface area contributed by atoms with Crippen molar-refractivity contribution in [1.82, 2.24) is 19.3 Å². The van der Waals surface area contributed by atoms with Gasteiger partial charge in [-0.05, 0) is 36.6 Å². The monoisotopic (exact) mass is 461 g/mol. The van der Waals surface area contributed by atoms with Crippen LogP contribution in [-0.4, -0.2) is 52.1 Å². The molecule has 1 fully saturated rings. The molecule has 32 heavy (non-hydrogen) atoms. The molecule has 1 aliphatic heterocycles. The lowest BCUT2D eigenvalue weighted by Crippen LogP contribution is -2.31. The lowest BCUT2D eigenvalue weighted by atomic mass is 10.1. The minimum absolute atomic E-state index is 0.0208. The Labute approximate surface area is 184 Å². The number of nitrogens with zero attached hydrogens (tertiary/aromatic N) is 3. The summed E-state index contributed by atoms with van der Waals surface area (Å²) in [6.07, 6.45) is 3.73. The van der Waals surface area contributed by atoms with Gasteiger partial charge in [0.25, 0.3) is 0 Å². The minimum atomic E-state index is -4.29. The van der Waals surface area contributed by atoms with E-state index in [0.29, 0.717) is 25.2 Å². The van der Waals surface area contributed by atoms with Crippen LogP contribution in [0, 0.1) is 5.92 Å². The minimum Gasteiger partial charge on any atom is -0.454 e. The number of anilines is 1. The molecule has 0 spiro atoms. The van der Waals surface area contributed by atoms with Crippen LogP contribution in [0.4, 0.5) is 5.82 Å². The van der Waals surface area contributed by atoms with E-state index in [2.05, 4.69) is 20.0 Å². The van der Waals surface area contributed by atoms with Gasteiger partial charge in [0.15, 0.2) is 11.5 Å². The zero-order chi connectivity index (χ0) is 22.3. The van der Waals surface area contributed by atoms with Gasteiger partial charge in [0.2, 0.25) is 6.79 Å². The molecule has 4 N–H and O–H groups in total. The van der Waals surface area contributed by atoms with Crippen LogP contribution in [0.15, 0.2) is 36.8 Å². The first-order chi connectivity index (χ1) is 15.4. The Morgan fingerprint density at radius 3 is 2.84 bits per heavy atom. The Morgan fingerprint density at radius 2 is 2.00 bits per heavy atom. The number of aliphatic hydroxyl groups is 1. The van der Waals surface area contributed by atoms with Gasteiger partial charge in [-0.3, -0.25) is 4.55 Å². The predicted molar refractivity (Wildman–Crippen MR) is 115 cm³/mol. The number of benzene rings is 1. The van der Waals surface area contributed by atoms with E-state index in [1.165, 1.54) is 6.33 Å². The van der Waals surface area contributed by atoms with Crippen LogP contribution in [0.5, 0.6) is 11.5 Å². The second-order valence-electron chi connectivity index (χ2n) is 8.00. The molecule has 170 valence electrons. The van der Waals surface area contributed by atoms with Gasteiger partial charge < -0.3 is 24.5 Å². The molecule has 5 rings (SSSR count). The standard InChI is InChI=1S/C20H23N5O6S/c26-16-7-14(6-13(16)9-24-32(27,28)29)25-4-3-15-19(22-10-23-20(15)25)21-8-12-1-2-17-18(5-12)31-11-30-17/h1-5,10,13-14,16,24,26H,6-9,11H2,(H,21,22,23)(H,27,28,29)/t13-,14+,16-/m0/s1. The maximum atomic E-state index is 11.0. The molecular formula is C20H23N5O6S. The topological polar surface area (TPSA) is 148 Å². The Hall–Kier alpha value is -2.93. The molecule has 1 saturated carbocycles. The number of aromatic nitrogens is 3. The lowest BCUT2D eigenvalue weighted by Gasteiger charge is -2.14. The second kappa shape index (κ2) is 8.20. The average Bonchev–Trinajstić information content (AvgIpc) is 3.47. The molecule has 0 saturated heterocycles. The first-order valence-corrected chi connectivity index (χ1v) is 11.7. The smallest absolute Gasteiger partial charge is 0.333 e. The molecule has 1 aliphatic carbocycles. The van der Waals surface area contributed by atoms with Crippen molar-refractivity contribution < 1.29 is 27.6 Å². The largest absolute Gasteiger partial charge is 0.454 e. The number of hydrogen-bond acceptors (Lipinski definition) is 8. The van der Waals surface area contributed by atoms with Gasteiger partial charge in [0.05, 0.1) is 11.5 Å². The Bertz CT molecular complexity index is 1250. The third-order valence-electron chi connectivity index (χ3n) is 5.96. The van der Waals surface area contributed by atoms with E-state index < -0.39 is 16.4 Å². The molecule has 0 bridgehead atoms. The number of rotatable bonds is 7. The Morgan fingerprint density at radius 1 is 1.16 bits per heavy atom. The Balaban J connectivity index is 1.31. The molecule has 0 amide bonds. The van der Waals surface area contributed by atoms with Crippen LogP contribution in [0.3, 0.4) is 0 Å². The Kier molecular flexibility index (Phi) is 5.37. The van der Waals surface area contributed by atoms with Crippen molar-refractivity contribution in [3.05, 3.63) is 42.4 Å². The van der Waals surface area contributed by atoms with Crippen LogP contribution in [0.25, 0.3) is 11.0 Å². The maximum absolute atomic E-state index is 11.0. The summed E-state index contributed by atoms with van der Waals surface area (Å²) in [6, 6.07) is 7.65. The highest BCUT2D eigenvalue weighted by Gasteiger charge is 2.35. The van der Waals surface area contributed by atoms with Crippen molar-refractivity contribution in [3.63, 3.8) is 0 Å². The first kappa shape index (κ1) is 20.9. The van der Waals surface area contributed by atoms with Crippen molar-refractivity contribution >= 4 is 27.2 Å². The van der Waals surface area contributed by atoms with Crippen molar-refractivity contribution in [1.29, 1.82) is 0 Å². The zero-order valence-electron chi connectivity index (χ0n) is 17.0. The SMILES string of the molecule is O=S(=O)(O)NC[C@@H]1C[C@@H](n2ccc3c(NCc4ccc5c(c4)OCO5)ncnc32)C[C@@H]1O. The van der Waals surface area contributed by atoms with E-state index >= 15 is 0 Å². The third kappa shape index (κ3) is 4.21. The van der Waals surface area contributed by atoms with Crippen molar-refractivity contribution in [2.24, 2.45) is 5.92 Å². The van der Waals surface area contributed by atoms with Gasteiger partial charge in [-0.2, -0.15) is 13.1 Å². The number of aliphatic hydroxyl groups excluding tert-OH is 1. The molecular weight excluding hydrogens is 438 g/mol. The van der Waals surface area contributed by atoms with Gasteiger partial charge >= 0.3 is 10.3 Å². The fourth-order valence-electron chi connectivity index (χ4n) is 4.38. The normalized spacial score (nSPS) is 22.5. The van der Waals surface area contributed by atoms with Gasteiger partial charge in [0, 0.05) is 31.2 Å². The summed E-state index contributed by atoms with van der Waals surface area (Å²) in [5.74, 6) is 1.85. The van der Waals surface area contributed by atoms with Crippen LogP contribution >= 0.6 is 0 Å². The fourth-order valence-corrected chi connectivity index (χ4v) is 4.80. The molecule has 0 unspecified atom stereocenters. The van der Waals surface area contributed by atoms with Crippen molar-refractivity contribution in [3.8, 4) is 11.5 Å².